The van der Waals surface area contributed by atoms with E-state index in [4.69, 9.17) is 16.1 Å². The van der Waals surface area contributed by atoms with Gasteiger partial charge < -0.3 is 10.2 Å². The van der Waals surface area contributed by atoms with Gasteiger partial charge in [0.25, 0.3) is 0 Å². The van der Waals surface area contributed by atoms with Crippen molar-refractivity contribution in [3.05, 3.63) is 35.9 Å². The number of nitrogens with one attached hydrogen (secondary N) is 1. The first-order chi connectivity index (χ1) is 8.51. The summed E-state index contributed by atoms with van der Waals surface area (Å²) in [6, 6.07) is 8.63. The lowest BCUT2D eigenvalue weighted by Gasteiger charge is -2.09. The van der Waals surface area contributed by atoms with Gasteiger partial charge in [0.1, 0.15) is 6.04 Å². The predicted molar refractivity (Wildman–Crippen MR) is 70.8 cm³/mol. The number of aliphatic hydroxyl groups is 1. The highest BCUT2D eigenvalue weighted by Gasteiger charge is 2.14. The van der Waals surface area contributed by atoms with Crippen LogP contribution >= 0.6 is 0 Å². The predicted octanol–water partition coefficient (Wildman–Crippen LogP) is 0.780. The lowest BCUT2D eigenvalue weighted by molar-refractivity contribution is -0.139. The molecule has 18 heavy (non-hydrogen) atoms. The van der Waals surface area contributed by atoms with E-state index in [0.29, 0.717) is 18.9 Å². The van der Waals surface area contributed by atoms with Crippen molar-refractivity contribution < 1.29 is 15.0 Å². The molecule has 0 aliphatic carbocycles. The number of benzene rings is 1. The average molecular weight is 254 g/mol. The van der Waals surface area contributed by atoms with Crippen LogP contribution in [0, 0.1) is 5.92 Å². The summed E-state index contributed by atoms with van der Waals surface area (Å²) in [5.74, 6) is 4.59. The second-order valence-corrected chi connectivity index (χ2v) is 4.32. The Hall–Kier alpha value is -1.43. The summed E-state index contributed by atoms with van der Waals surface area (Å²) in [6.45, 7) is 4.25. The minimum atomic E-state index is -0.939. The van der Waals surface area contributed by atoms with E-state index in [1.54, 1.807) is 0 Å². The highest BCUT2D eigenvalue weighted by molar-refractivity contribution is 5.73. The van der Waals surface area contributed by atoms with Gasteiger partial charge in [0, 0.05) is 6.61 Å². The molecular formula is C13H22N2O3. The van der Waals surface area contributed by atoms with Gasteiger partial charge in [-0.2, -0.15) is 0 Å². The number of rotatable bonds is 5. The van der Waals surface area contributed by atoms with Crippen LogP contribution < -0.4 is 11.3 Å². The van der Waals surface area contributed by atoms with E-state index in [9.17, 15) is 4.79 Å². The number of carboxylic acids is 1. The Labute approximate surface area is 108 Å². The van der Waals surface area contributed by atoms with Crippen LogP contribution in [-0.4, -0.2) is 28.8 Å². The van der Waals surface area contributed by atoms with Crippen molar-refractivity contribution in [2.24, 2.45) is 11.8 Å². The van der Waals surface area contributed by atoms with Gasteiger partial charge in [-0.3, -0.25) is 10.6 Å². The Kier molecular flexibility index (Phi) is 8.82. The zero-order valence-corrected chi connectivity index (χ0v) is 10.8. The molecule has 0 saturated heterocycles. The lowest BCUT2D eigenvalue weighted by Crippen LogP contribution is -2.42. The number of hydrazine groups is 1. The Morgan fingerprint density at radius 2 is 1.83 bits per heavy atom. The SMILES string of the molecule is CC(C)CO.NNC(Cc1ccccc1)C(=O)O. The quantitative estimate of drug-likeness (QED) is 0.460. The van der Waals surface area contributed by atoms with Gasteiger partial charge in [-0.15, -0.1) is 0 Å². The summed E-state index contributed by atoms with van der Waals surface area (Å²) >= 11 is 0. The number of nitrogens with two attached hydrogens (primary N) is 1. The van der Waals surface area contributed by atoms with Crippen molar-refractivity contribution in [2.75, 3.05) is 6.61 Å². The molecule has 0 aromatic heterocycles. The zero-order chi connectivity index (χ0) is 14.0. The molecule has 5 heteroatoms. The van der Waals surface area contributed by atoms with E-state index < -0.39 is 12.0 Å². The first-order valence-corrected chi connectivity index (χ1v) is 5.85. The third-order valence-corrected chi connectivity index (χ3v) is 2.15. The topological polar surface area (TPSA) is 95.6 Å². The van der Waals surface area contributed by atoms with E-state index >= 15 is 0 Å². The third-order valence-electron chi connectivity index (χ3n) is 2.15. The van der Waals surface area contributed by atoms with Crippen LogP contribution in [0.3, 0.4) is 0 Å². The van der Waals surface area contributed by atoms with Crippen molar-refractivity contribution in [3.63, 3.8) is 0 Å². The van der Waals surface area contributed by atoms with Gasteiger partial charge in [0.2, 0.25) is 0 Å². The van der Waals surface area contributed by atoms with Gasteiger partial charge in [-0.1, -0.05) is 44.2 Å². The van der Waals surface area contributed by atoms with Crippen LogP contribution in [0.5, 0.6) is 0 Å². The van der Waals surface area contributed by atoms with Crippen molar-refractivity contribution in [2.45, 2.75) is 26.3 Å². The van der Waals surface area contributed by atoms with Gasteiger partial charge in [0.05, 0.1) is 0 Å². The standard InChI is InChI=1S/C9H12N2O2.C4H10O/c10-11-8(9(12)13)6-7-4-2-1-3-5-7;1-4(2)3-5/h1-5,8,11H,6,10H2,(H,12,13);4-5H,3H2,1-2H3. The molecule has 0 amide bonds. The normalized spacial score (nSPS) is 11.6. The molecule has 0 radical (unpaired) electrons. The molecule has 1 aromatic rings. The number of hydrogen-bond donors (Lipinski definition) is 4. The molecule has 0 aliphatic heterocycles. The largest absolute Gasteiger partial charge is 0.480 e. The molecule has 0 aliphatic rings. The molecule has 5 nitrogen and oxygen atoms in total. The second-order valence-electron chi connectivity index (χ2n) is 4.32. The second kappa shape index (κ2) is 9.58. The summed E-state index contributed by atoms with van der Waals surface area (Å²) < 4.78 is 0. The highest BCUT2D eigenvalue weighted by atomic mass is 16.4. The maximum Gasteiger partial charge on any atom is 0.322 e. The fourth-order valence-corrected chi connectivity index (χ4v) is 1.07. The van der Waals surface area contributed by atoms with Gasteiger partial charge in [0.15, 0.2) is 0 Å². The van der Waals surface area contributed by atoms with Crippen LogP contribution in [0.4, 0.5) is 0 Å². The number of hydrogen-bond acceptors (Lipinski definition) is 4. The minimum Gasteiger partial charge on any atom is -0.480 e. The molecule has 5 N–H and O–H groups in total. The minimum absolute atomic E-state index is 0.306. The smallest absolute Gasteiger partial charge is 0.322 e. The van der Waals surface area contributed by atoms with Crippen molar-refractivity contribution >= 4 is 5.97 Å². The van der Waals surface area contributed by atoms with Gasteiger partial charge in [-0.25, -0.2) is 5.43 Å². The summed E-state index contributed by atoms with van der Waals surface area (Å²) in [7, 11) is 0. The third kappa shape index (κ3) is 7.78. The molecule has 0 spiro atoms. The zero-order valence-electron chi connectivity index (χ0n) is 10.8. The maximum absolute atomic E-state index is 10.6. The number of aliphatic carboxylic acids is 1. The fraction of sp³-hybridized carbons (Fsp3) is 0.462. The molecule has 102 valence electrons. The number of aliphatic hydroxyl groups excluding tert-OH is 1. The van der Waals surface area contributed by atoms with E-state index in [-0.39, 0.29) is 0 Å². The Balaban J connectivity index is 0.000000494. The Morgan fingerprint density at radius 3 is 2.17 bits per heavy atom. The monoisotopic (exact) mass is 254 g/mol. The van der Waals surface area contributed by atoms with E-state index in [0.717, 1.165) is 5.56 Å². The first kappa shape index (κ1) is 16.6. The average Bonchev–Trinajstić information content (AvgIpc) is 2.37. The fourth-order valence-electron chi connectivity index (χ4n) is 1.07. The summed E-state index contributed by atoms with van der Waals surface area (Å²) in [5.41, 5.74) is 3.20. The molecule has 1 atom stereocenters. The lowest BCUT2D eigenvalue weighted by atomic mass is 10.1. The van der Waals surface area contributed by atoms with E-state index in [1.807, 2.05) is 44.2 Å². The molecule has 0 heterocycles. The van der Waals surface area contributed by atoms with Crippen molar-refractivity contribution in [3.8, 4) is 0 Å². The molecule has 0 bridgehead atoms. The maximum atomic E-state index is 10.6. The Morgan fingerprint density at radius 1 is 1.33 bits per heavy atom. The number of carboxylic acid groups (broad SMARTS) is 1. The number of carbonyl (C=O) groups is 1. The van der Waals surface area contributed by atoms with Gasteiger partial charge in [-0.05, 0) is 17.9 Å². The first-order valence-electron chi connectivity index (χ1n) is 5.85. The molecule has 1 rings (SSSR count). The van der Waals surface area contributed by atoms with Crippen molar-refractivity contribution in [1.29, 1.82) is 0 Å². The van der Waals surface area contributed by atoms with Crippen LogP contribution in [0.2, 0.25) is 0 Å². The van der Waals surface area contributed by atoms with Crippen molar-refractivity contribution in [1.82, 2.24) is 5.43 Å². The van der Waals surface area contributed by atoms with Crippen LogP contribution in [0.1, 0.15) is 19.4 Å². The summed E-state index contributed by atoms with van der Waals surface area (Å²) in [5, 5.41) is 16.8. The van der Waals surface area contributed by atoms with Crippen LogP contribution in [0.15, 0.2) is 30.3 Å². The summed E-state index contributed by atoms with van der Waals surface area (Å²) in [6.07, 6.45) is 0.396. The molecule has 1 unspecified atom stereocenters. The molecule has 0 saturated carbocycles. The van der Waals surface area contributed by atoms with Crippen LogP contribution in [-0.2, 0) is 11.2 Å². The summed E-state index contributed by atoms with van der Waals surface area (Å²) in [4.78, 5) is 10.6. The molecule has 0 fully saturated rings. The van der Waals surface area contributed by atoms with Gasteiger partial charge >= 0.3 is 5.97 Å². The highest BCUT2D eigenvalue weighted by Crippen LogP contribution is 2.02. The van der Waals surface area contributed by atoms with E-state index in [1.165, 1.54) is 0 Å². The molecular weight excluding hydrogens is 232 g/mol. The Bertz CT molecular complexity index is 328. The van der Waals surface area contributed by atoms with Crippen LogP contribution in [0.25, 0.3) is 0 Å². The van der Waals surface area contributed by atoms with E-state index in [2.05, 4.69) is 5.43 Å². The molecule has 1 aromatic carbocycles.